The van der Waals surface area contributed by atoms with Gasteiger partial charge in [-0.3, -0.25) is 14.4 Å². The highest BCUT2D eigenvalue weighted by atomic mass is 32.1. The third kappa shape index (κ3) is 4.72. The first-order valence-electron chi connectivity index (χ1n) is 6.78. The highest BCUT2D eigenvalue weighted by molar-refractivity contribution is 7.12. The van der Waals surface area contributed by atoms with Crippen molar-refractivity contribution in [2.75, 3.05) is 6.54 Å². The smallest absolute Gasteiger partial charge is 0.326 e. The molecule has 0 unspecified atom stereocenters. The molecular formula is C16H14FNO4S. The van der Waals surface area contributed by atoms with Gasteiger partial charge in [0, 0.05) is 5.56 Å². The molecule has 1 N–H and O–H groups in total. The van der Waals surface area contributed by atoms with E-state index in [0.717, 1.165) is 12.1 Å². The van der Waals surface area contributed by atoms with Crippen molar-refractivity contribution in [3.05, 3.63) is 58.0 Å². The number of amides is 1. The van der Waals surface area contributed by atoms with Crippen molar-refractivity contribution in [3.8, 4) is 0 Å². The summed E-state index contributed by atoms with van der Waals surface area (Å²) in [5, 5.41) is 4.16. The summed E-state index contributed by atoms with van der Waals surface area (Å²) in [6, 6.07) is 8.31. The second-order valence-electron chi connectivity index (χ2n) is 4.66. The maximum absolute atomic E-state index is 12.8. The Hall–Kier alpha value is -2.54. The fourth-order valence-electron chi connectivity index (χ4n) is 1.79. The van der Waals surface area contributed by atoms with Gasteiger partial charge in [-0.2, -0.15) is 0 Å². The molecule has 120 valence electrons. The van der Waals surface area contributed by atoms with E-state index in [0.29, 0.717) is 4.88 Å². The van der Waals surface area contributed by atoms with Crippen LogP contribution in [0.25, 0.3) is 0 Å². The zero-order valence-corrected chi connectivity index (χ0v) is 13.1. The van der Waals surface area contributed by atoms with Gasteiger partial charge in [-0.25, -0.2) is 4.39 Å². The van der Waals surface area contributed by atoms with Crippen LogP contribution in [0.5, 0.6) is 0 Å². The lowest BCUT2D eigenvalue weighted by Gasteiger charge is -2.12. The Morgan fingerprint density at radius 1 is 1.22 bits per heavy atom. The third-order valence-corrected chi connectivity index (χ3v) is 3.81. The summed E-state index contributed by atoms with van der Waals surface area (Å²) in [5.74, 6) is -2.00. The van der Waals surface area contributed by atoms with Crippen LogP contribution in [-0.4, -0.2) is 30.3 Å². The van der Waals surface area contributed by atoms with Crippen molar-refractivity contribution in [1.82, 2.24) is 5.32 Å². The summed E-state index contributed by atoms with van der Waals surface area (Å²) >= 11 is 1.25. The van der Waals surface area contributed by atoms with Gasteiger partial charge < -0.3 is 10.1 Å². The highest BCUT2D eigenvalue weighted by Crippen LogP contribution is 2.09. The average Bonchev–Trinajstić information content (AvgIpc) is 3.07. The highest BCUT2D eigenvalue weighted by Gasteiger charge is 2.20. The summed E-state index contributed by atoms with van der Waals surface area (Å²) in [6.45, 7) is 1.09. The zero-order valence-electron chi connectivity index (χ0n) is 12.2. The molecule has 0 aliphatic rings. The number of nitrogens with one attached hydrogen (secondary N) is 1. The van der Waals surface area contributed by atoms with Crippen LogP contribution in [0.15, 0.2) is 41.8 Å². The second-order valence-corrected chi connectivity index (χ2v) is 5.61. The Morgan fingerprint density at radius 3 is 2.52 bits per heavy atom. The van der Waals surface area contributed by atoms with Crippen molar-refractivity contribution >= 4 is 29.0 Å². The van der Waals surface area contributed by atoms with E-state index in [4.69, 9.17) is 4.74 Å². The molecule has 1 amide bonds. The molecule has 0 spiro atoms. The lowest BCUT2D eigenvalue weighted by Crippen LogP contribution is -2.33. The minimum atomic E-state index is -1.02. The number of esters is 1. The van der Waals surface area contributed by atoms with Gasteiger partial charge in [0.05, 0.1) is 4.88 Å². The number of hydrogen-bond donors (Lipinski definition) is 1. The quantitative estimate of drug-likeness (QED) is 0.650. The minimum absolute atomic E-state index is 0.245. The first kappa shape index (κ1) is 16.8. The third-order valence-electron chi connectivity index (χ3n) is 2.94. The largest absolute Gasteiger partial charge is 0.453 e. The van der Waals surface area contributed by atoms with Crippen LogP contribution in [0, 0.1) is 5.82 Å². The molecule has 5 nitrogen and oxygen atoms in total. The minimum Gasteiger partial charge on any atom is -0.453 e. The molecule has 0 saturated carbocycles. The van der Waals surface area contributed by atoms with E-state index in [9.17, 15) is 18.8 Å². The van der Waals surface area contributed by atoms with Gasteiger partial charge in [0.2, 0.25) is 5.78 Å². The van der Waals surface area contributed by atoms with E-state index < -0.39 is 23.7 Å². The average molecular weight is 335 g/mol. The van der Waals surface area contributed by atoms with Crippen molar-refractivity contribution in [2.45, 2.75) is 13.0 Å². The molecule has 0 aliphatic carbocycles. The van der Waals surface area contributed by atoms with Crippen LogP contribution in [0.2, 0.25) is 0 Å². The molecule has 0 saturated heterocycles. The van der Waals surface area contributed by atoms with E-state index >= 15 is 0 Å². The molecule has 2 rings (SSSR count). The molecular weight excluding hydrogens is 321 g/mol. The van der Waals surface area contributed by atoms with Crippen LogP contribution < -0.4 is 5.32 Å². The molecule has 1 aromatic carbocycles. The van der Waals surface area contributed by atoms with E-state index in [1.54, 1.807) is 17.5 Å². The second kappa shape index (κ2) is 7.64. The van der Waals surface area contributed by atoms with E-state index in [1.807, 2.05) is 0 Å². The lowest BCUT2D eigenvalue weighted by atomic mass is 10.1. The van der Waals surface area contributed by atoms with Crippen LogP contribution in [0.4, 0.5) is 4.39 Å². The Labute approximate surface area is 136 Å². The number of benzene rings is 1. The fourth-order valence-corrected chi connectivity index (χ4v) is 2.43. The maximum Gasteiger partial charge on any atom is 0.326 e. The number of rotatable bonds is 6. The number of Topliss-reactive ketones (excluding diaryl/α,β-unsaturated/α-hetero) is 1. The number of halogens is 1. The molecule has 23 heavy (non-hydrogen) atoms. The molecule has 7 heteroatoms. The Balaban J connectivity index is 1.83. The van der Waals surface area contributed by atoms with Crippen molar-refractivity contribution in [1.29, 1.82) is 0 Å². The number of carbonyl (C=O) groups is 3. The molecule has 1 atom stereocenters. The normalized spacial score (nSPS) is 11.6. The number of thiophene rings is 1. The topological polar surface area (TPSA) is 72.5 Å². The van der Waals surface area contributed by atoms with Crippen molar-refractivity contribution in [2.24, 2.45) is 0 Å². The summed E-state index contributed by atoms with van der Waals surface area (Å²) in [5.41, 5.74) is 0.245. The summed E-state index contributed by atoms with van der Waals surface area (Å²) in [6.07, 6.45) is -1.02. The lowest BCUT2D eigenvalue weighted by molar-refractivity contribution is -0.145. The number of ketones is 1. The molecule has 1 aromatic heterocycles. The number of ether oxygens (including phenoxy) is 1. The monoisotopic (exact) mass is 335 g/mol. The molecule has 0 aliphatic heterocycles. The molecule has 2 aromatic rings. The Morgan fingerprint density at radius 2 is 1.91 bits per heavy atom. The van der Waals surface area contributed by atoms with Gasteiger partial charge in [0.15, 0.2) is 6.10 Å². The summed E-state index contributed by atoms with van der Waals surface area (Å²) in [4.78, 5) is 35.9. The summed E-state index contributed by atoms with van der Waals surface area (Å²) < 4.78 is 17.8. The number of carbonyl (C=O) groups excluding carboxylic acids is 3. The van der Waals surface area contributed by atoms with Crippen LogP contribution in [0.3, 0.4) is 0 Å². The molecule has 0 radical (unpaired) electrons. The number of hydrogen-bond acceptors (Lipinski definition) is 5. The molecule has 1 heterocycles. The van der Waals surface area contributed by atoms with Gasteiger partial charge in [-0.05, 0) is 42.6 Å². The van der Waals surface area contributed by atoms with Gasteiger partial charge in [-0.1, -0.05) is 6.07 Å². The van der Waals surface area contributed by atoms with E-state index in [-0.39, 0.29) is 18.0 Å². The molecule has 0 bridgehead atoms. The first-order chi connectivity index (χ1) is 11.0. The van der Waals surface area contributed by atoms with Gasteiger partial charge >= 0.3 is 5.97 Å². The van der Waals surface area contributed by atoms with Gasteiger partial charge in [0.25, 0.3) is 5.91 Å². The van der Waals surface area contributed by atoms with Crippen LogP contribution in [-0.2, 0) is 9.53 Å². The predicted octanol–water partition coefficient (Wildman–Crippen LogP) is 2.43. The van der Waals surface area contributed by atoms with Gasteiger partial charge in [0.1, 0.15) is 12.4 Å². The van der Waals surface area contributed by atoms with Crippen LogP contribution in [0.1, 0.15) is 27.0 Å². The standard InChI is InChI=1S/C16H14FNO4S/c1-10(15(20)11-4-6-12(17)7-5-11)22-14(19)9-18-16(21)13-3-2-8-23-13/h2-8,10H,9H2,1H3,(H,18,21)/t10-/m0/s1. The fraction of sp³-hybridized carbons (Fsp3) is 0.188. The summed E-state index contributed by atoms with van der Waals surface area (Å²) in [7, 11) is 0. The van der Waals surface area contributed by atoms with Crippen molar-refractivity contribution in [3.63, 3.8) is 0 Å². The zero-order chi connectivity index (χ0) is 16.8. The van der Waals surface area contributed by atoms with Crippen LogP contribution >= 0.6 is 11.3 Å². The first-order valence-corrected chi connectivity index (χ1v) is 7.66. The Kier molecular flexibility index (Phi) is 5.59. The maximum atomic E-state index is 12.8. The van der Waals surface area contributed by atoms with E-state index in [2.05, 4.69) is 5.32 Å². The van der Waals surface area contributed by atoms with E-state index in [1.165, 1.54) is 30.4 Å². The SMILES string of the molecule is C[C@H](OC(=O)CNC(=O)c1cccs1)C(=O)c1ccc(F)cc1. The molecule has 0 fully saturated rings. The Bertz CT molecular complexity index is 697. The predicted molar refractivity (Wildman–Crippen MR) is 82.9 cm³/mol. The van der Waals surface area contributed by atoms with Gasteiger partial charge in [-0.15, -0.1) is 11.3 Å². The van der Waals surface area contributed by atoms with Crippen molar-refractivity contribution < 1.29 is 23.5 Å².